The van der Waals surface area contributed by atoms with E-state index in [0.29, 0.717) is 5.69 Å². The molecule has 0 saturated heterocycles. The molecule has 2 nitrogen and oxygen atoms in total. The molecule has 0 saturated carbocycles. The highest BCUT2D eigenvalue weighted by Crippen LogP contribution is 2.29. The predicted molar refractivity (Wildman–Crippen MR) is 64.9 cm³/mol. The van der Waals surface area contributed by atoms with Gasteiger partial charge in [0.2, 0.25) is 0 Å². The molecule has 0 aliphatic carbocycles. The Kier molecular flexibility index (Phi) is 2.11. The molecule has 3 rings (SSSR count). The lowest BCUT2D eigenvalue weighted by Crippen LogP contribution is -1.96. The van der Waals surface area contributed by atoms with Crippen LogP contribution in [0.15, 0.2) is 54.6 Å². The summed E-state index contributed by atoms with van der Waals surface area (Å²) in [5.41, 5.74) is 1.14. The average Bonchev–Trinajstić information content (AvgIpc) is 2.66. The first-order valence-electron chi connectivity index (χ1n) is 5.32. The van der Waals surface area contributed by atoms with E-state index in [9.17, 15) is 9.50 Å². The number of fused-ring (bicyclic) bond motifs is 1. The first-order valence-corrected chi connectivity index (χ1v) is 5.32. The molecule has 0 bridgehead atoms. The van der Waals surface area contributed by atoms with Gasteiger partial charge < -0.3 is 5.11 Å². The second-order valence-electron chi connectivity index (χ2n) is 3.85. The lowest BCUT2D eigenvalue weighted by Gasteiger charge is -2.07. The Morgan fingerprint density at radius 3 is 2.47 bits per heavy atom. The van der Waals surface area contributed by atoms with Gasteiger partial charge in [0.25, 0.3) is 0 Å². The largest absolute Gasteiger partial charge is 0.494 e. The van der Waals surface area contributed by atoms with Gasteiger partial charge in [0.05, 0.1) is 11.2 Å². The number of hydrogen-bond donors (Lipinski definition) is 1. The predicted octanol–water partition coefficient (Wildman–Crippen LogP) is 3.48. The maximum Gasteiger partial charge on any atom is 0.196 e. The van der Waals surface area contributed by atoms with Crippen LogP contribution in [0.2, 0.25) is 0 Å². The Morgan fingerprint density at radius 2 is 1.65 bits per heavy atom. The van der Waals surface area contributed by atoms with E-state index in [1.54, 1.807) is 24.3 Å². The van der Waals surface area contributed by atoms with Crippen molar-refractivity contribution in [3.63, 3.8) is 0 Å². The van der Waals surface area contributed by atoms with Crippen LogP contribution in [0.5, 0.6) is 5.88 Å². The van der Waals surface area contributed by atoms with Gasteiger partial charge in [-0.05, 0) is 18.2 Å². The van der Waals surface area contributed by atoms with Crippen LogP contribution in [-0.2, 0) is 0 Å². The minimum absolute atomic E-state index is 0.0382. The summed E-state index contributed by atoms with van der Waals surface area (Å²) in [6.07, 6.45) is 0. The van der Waals surface area contributed by atoms with Gasteiger partial charge in [0.1, 0.15) is 5.82 Å². The summed E-state index contributed by atoms with van der Waals surface area (Å²) in [6.45, 7) is 0. The first-order chi connectivity index (χ1) is 8.27. The van der Waals surface area contributed by atoms with Crippen LogP contribution in [0.25, 0.3) is 16.6 Å². The van der Waals surface area contributed by atoms with E-state index in [-0.39, 0.29) is 11.7 Å². The Labute approximate surface area is 97.5 Å². The van der Waals surface area contributed by atoms with Crippen molar-refractivity contribution in [1.82, 2.24) is 4.57 Å². The van der Waals surface area contributed by atoms with Crippen molar-refractivity contribution < 1.29 is 9.50 Å². The smallest absolute Gasteiger partial charge is 0.196 e. The highest BCUT2D eigenvalue weighted by atomic mass is 19.1. The number of benzene rings is 2. The van der Waals surface area contributed by atoms with Gasteiger partial charge in [-0.15, -0.1) is 0 Å². The van der Waals surface area contributed by atoms with Crippen molar-refractivity contribution in [3.05, 3.63) is 60.4 Å². The zero-order valence-electron chi connectivity index (χ0n) is 8.97. The van der Waals surface area contributed by atoms with Crippen molar-refractivity contribution in [2.45, 2.75) is 0 Å². The summed E-state index contributed by atoms with van der Waals surface area (Å²) >= 11 is 0. The lowest BCUT2D eigenvalue weighted by molar-refractivity contribution is 0.442. The maximum absolute atomic E-state index is 13.7. The van der Waals surface area contributed by atoms with Crippen molar-refractivity contribution >= 4 is 10.9 Å². The molecule has 3 heteroatoms. The van der Waals surface area contributed by atoms with Gasteiger partial charge in [-0.25, -0.2) is 4.39 Å². The molecule has 1 aromatic heterocycles. The van der Waals surface area contributed by atoms with Crippen LogP contribution in [-0.4, -0.2) is 9.67 Å². The first kappa shape index (κ1) is 9.90. The third kappa shape index (κ3) is 1.47. The molecule has 84 valence electrons. The molecule has 0 aliphatic rings. The molecule has 1 heterocycles. The molecule has 0 atom stereocenters. The Hall–Kier alpha value is -2.29. The summed E-state index contributed by atoms with van der Waals surface area (Å²) in [5.74, 6) is -0.319. The van der Waals surface area contributed by atoms with Gasteiger partial charge in [-0.1, -0.05) is 30.3 Å². The molecule has 1 N–H and O–H groups in total. The van der Waals surface area contributed by atoms with Crippen LogP contribution in [0.3, 0.4) is 0 Å². The fraction of sp³-hybridized carbons (Fsp3) is 0. The highest BCUT2D eigenvalue weighted by molar-refractivity contribution is 5.84. The molecular weight excluding hydrogens is 217 g/mol. The second kappa shape index (κ2) is 3.63. The molecule has 3 aromatic rings. The van der Waals surface area contributed by atoms with Crippen LogP contribution >= 0.6 is 0 Å². The molecule has 0 fully saturated rings. The molecule has 0 radical (unpaired) electrons. The highest BCUT2D eigenvalue weighted by Gasteiger charge is 2.11. The van der Waals surface area contributed by atoms with Crippen LogP contribution in [0.1, 0.15) is 0 Å². The minimum Gasteiger partial charge on any atom is -0.494 e. The third-order valence-corrected chi connectivity index (χ3v) is 2.78. The zero-order chi connectivity index (χ0) is 11.8. The summed E-state index contributed by atoms with van der Waals surface area (Å²) in [5, 5.41) is 10.8. The van der Waals surface area contributed by atoms with Crippen molar-refractivity contribution in [2.75, 3.05) is 0 Å². The molecule has 0 aliphatic heterocycles. The van der Waals surface area contributed by atoms with E-state index >= 15 is 0 Å². The molecule has 0 spiro atoms. The van der Waals surface area contributed by atoms with Crippen molar-refractivity contribution in [1.29, 1.82) is 0 Å². The van der Waals surface area contributed by atoms with Gasteiger partial charge in [0, 0.05) is 11.5 Å². The van der Waals surface area contributed by atoms with Crippen LogP contribution in [0, 0.1) is 5.82 Å². The molecule has 17 heavy (non-hydrogen) atoms. The van der Waals surface area contributed by atoms with Gasteiger partial charge in [-0.3, -0.25) is 4.57 Å². The molecular formula is C14H10FNO. The average molecular weight is 227 g/mol. The summed E-state index contributed by atoms with van der Waals surface area (Å²) in [7, 11) is 0. The zero-order valence-corrected chi connectivity index (χ0v) is 8.97. The Bertz CT molecular complexity index is 688. The van der Waals surface area contributed by atoms with E-state index < -0.39 is 0 Å². The normalized spacial score (nSPS) is 10.9. The van der Waals surface area contributed by atoms with Gasteiger partial charge in [0.15, 0.2) is 5.88 Å². The third-order valence-electron chi connectivity index (χ3n) is 2.78. The number of aromatic hydroxyl groups is 1. The number of nitrogens with zero attached hydrogens (tertiary/aromatic N) is 1. The fourth-order valence-electron chi connectivity index (χ4n) is 2.03. The lowest BCUT2D eigenvalue weighted by atomic mass is 10.2. The monoisotopic (exact) mass is 227 g/mol. The fourth-order valence-corrected chi connectivity index (χ4v) is 2.03. The molecule has 2 aromatic carbocycles. The topological polar surface area (TPSA) is 25.2 Å². The number of hydrogen-bond acceptors (Lipinski definition) is 1. The summed E-state index contributed by atoms with van der Waals surface area (Å²) in [4.78, 5) is 0. The quantitative estimate of drug-likeness (QED) is 0.676. The van der Waals surface area contributed by atoms with Crippen molar-refractivity contribution in [2.24, 2.45) is 0 Å². The van der Waals surface area contributed by atoms with Crippen LogP contribution < -0.4 is 0 Å². The number of rotatable bonds is 1. The number of aromatic nitrogens is 1. The standard InChI is InChI=1S/C14H10FNO/c15-11-6-2-4-8-13(11)16-12-7-3-1-5-10(12)9-14(16)17/h1-9,17H. The van der Waals surface area contributed by atoms with E-state index in [1.165, 1.54) is 10.6 Å². The van der Waals surface area contributed by atoms with E-state index in [2.05, 4.69) is 0 Å². The minimum atomic E-state index is -0.357. The Morgan fingerprint density at radius 1 is 0.941 bits per heavy atom. The number of para-hydroxylation sites is 2. The van der Waals surface area contributed by atoms with Crippen LogP contribution in [0.4, 0.5) is 4.39 Å². The summed E-state index contributed by atoms with van der Waals surface area (Å²) in [6, 6.07) is 15.5. The summed E-state index contributed by atoms with van der Waals surface area (Å²) < 4.78 is 15.2. The van der Waals surface area contributed by atoms with Crippen molar-refractivity contribution in [3.8, 4) is 11.6 Å². The molecule has 0 amide bonds. The Balaban J connectivity index is 2.38. The van der Waals surface area contributed by atoms with Gasteiger partial charge in [-0.2, -0.15) is 0 Å². The van der Waals surface area contributed by atoms with E-state index in [4.69, 9.17) is 0 Å². The van der Waals surface area contributed by atoms with E-state index in [1.807, 2.05) is 24.3 Å². The second-order valence-corrected chi connectivity index (χ2v) is 3.85. The molecule has 0 unspecified atom stereocenters. The maximum atomic E-state index is 13.7. The van der Waals surface area contributed by atoms with E-state index in [0.717, 1.165) is 10.9 Å². The van der Waals surface area contributed by atoms with Gasteiger partial charge >= 0.3 is 0 Å². The number of halogens is 1. The SMILES string of the molecule is Oc1cc2ccccc2n1-c1ccccc1F.